The van der Waals surface area contributed by atoms with Gasteiger partial charge in [-0.1, -0.05) is 36.4 Å². The van der Waals surface area contributed by atoms with Gasteiger partial charge in [0.1, 0.15) is 5.85 Å². The summed E-state index contributed by atoms with van der Waals surface area (Å²) in [4.78, 5) is 0. The largest absolute Gasteiger partial charge is 0.384 e. The van der Waals surface area contributed by atoms with Crippen molar-refractivity contribution in [2.75, 3.05) is 0 Å². The van der Waals surface area contributed by atoms with Crippen molar-refractivity contribution in [1.29, 1.82) is 0 Å². The lowest BCUT2D eigenvalue weighted by molar-refractivity contribution is 0.257. The Morgan fingerprint density at radius 3 is 2.54 bits per heavy atom. The van der Waals surface area contributed by atoms with E-state index in [0.29, 0.717) is 6.42 Å². The molecule has 0 saturated carbocycles. The predicted octanol–water partition coefficient (Wildman–Crippen LogP) is 1.91. The van der Waals surface area contributed by atoms with Crippen LogP contribution >= 0.6 is 7.14 Å². The van der Waals surface area contributed by atoms with E-state index in [1.165, 1.54) is 0 Å². The molecule has 1 aliphatic rings. The van der Waals surface area contributed by atoms with E-state index in [1.54, 1.807) is 24.0 Å². The van der Waals surface area contributed by atoms with Gasteiger partial charge in [-0.3, -0.25) is 0 Å². The topological polar surface area (TPSA) is 37.3 Å². The Morgan fingerprint density at radius 1 is 1.31 bits per heavy atom. The Labute approximate surface area is 77.3 Å². The summed E-state index contributed by atoms with van der Waals surface area (Å²) in [5.74, 6) is 0.947. The maximum absolute atomic E-state index is 12.2. The molecule has 0 radical (unpaired) electrons. The maximum atomic E-state index is 12.2. The molecule has 1 N–H and O–H groups in total. The number of benzene rings is 1. The summed E-state index contributed by atoms with van der Waals surface area (Å²) in [6.07, 6.45) is 2.30. The molecule has 0 fully saturated rings. The van der Waals surface area contributed by atoms with Crippen molar-refractivity contribution in [1.82, 2.24) is 0 Å². The Morgan fingerprint density at radius 2 is 2.00 bits per heavy atom. The lowest BCUT2D eigenvalue weighted by atomic mass is 10.4. The molecule has 0 aliphatic carbocycles. The highest BCUT2D eigenvalue weighted by Gasteiger charge is 2.33. The molecular weight excluding hydrogens is 183 g/mol. The van der Waals surface area contributed by atoms with Gasteiger partial charge in [0.05, 0.1) is 0 Å². The molecule has 0 spiro atoms. The van der Waals surface area contributed by atoms with Crippen LogP contribution in [0, 0.1) is 0 Å². The second-order valence-electron chi connectivity index (χ2n) is 3.15. The van der Waals surface area contributed by atoms with Crippen LogP contribution < -0.4 is 5.30 Å². The van der Waals surface area contributed by atoms with Crippen molar-refractivity contribution in [3.63, 3.8) is 0 Å². The molecule has 1 aliphatic heterocycles. The van der Waals surface area contributed by atoms with Crippen LogP contribution in [0.4, 0.5) is 0 Å². The lowest BCUT2D eigenvalue weighted by Crippen LogP contribution is -2.11. The zero-order chi connectivity index (χ0) is 9.31. The molecule has 3 heteroatoms. The molecular formula is C10H11O2P. The van der Waals surface area contributed by atoms with Crippen molar-refractivity contribution in [3.05, 3.63) is 42.2 Å². The molecule has 0 aromatic heterocycles. The number of aliphatic hydroxyl groups excluding tert-OH is 1. The van der Waals surface area contributed by atoms with E-state index in [2.05, 4.69) is 0 Å². The fourth-order valence-corrected chi connectivity index (χ4v) is 3.74. The van der Waals surface area contributed by atoms with Crippen LogP contribution in [-0.4, -0.2) is 11.0 Å². The fourth-order valence-electron chi connectivity index (χ4n) is 1.51. The molecule has 1 aromatic carbocycles. The molecule has 0 bridgehead atoms. The van der Waals surface area contributed by atoms with Crippen LogP contribution in [-0.2, 0) is 4.57 Å². The molecule has 13 heavy (non-hydrogen) atoms. The number of rotatable bonds is 1. The van der Waals surface area contributed by atoms with E-state index < -0.39 is 13.0 Å². The number of aliphatic hydroxyl groups is 1. The third-order valence-corrected chi connectivity index (χ3v) is 5.13. The van der Waals surface area contributed by atoms with Gasteiger partial charge < -0.3 is 9.67 Å². The van der Waals surface area contributed by atoms with Gasteiger partial charge in [0.2, 0.25) is 0 Å². The second-order valence-corrected chi connectivity index (χ2v) is 5.98. The van der Waals surface area contributed by atoms with Gasteiger partial charge in [-0.05, 0) is 12.2 Å². The first-order valence-electron chi connectivity index (χ1n) is 4.24. The third-order valence-electron chi connectivity index (χ3n) is 2.28. The van der Waals surface area contributed by atoms with Crippen molar-refractivity contribution in [2.24, 2.45) is 0 Å². The minimum absolute atomic E-state index is 0.506. The van der Waals surface area contributed by atoms with Crippen molar-refractivity contribution in [3.8, 4) is 0 Å². The number of hydrogen-bond acceptors (Lipinski definition) is 2. The van der Waals surface area contributed by atoms with Gasteiger partial charge in [0.25, 0.3) is 0 Å². The molecule has 1 aromatic rings. The van der Waals surface area contributed by atoms with E-state index in [-0.39, 0.29) is 0 Å². The summed E-state index contributed by atoms with van der Waals surface area (Å²) in [7, 11) is -2.64. The summed E-state index contributed by atoms with van der Waals surface area (Å²) in [5, 5.41) is 10.3. The zero-order valence-corrected chi connectivity index (χ0v) is 8.02. The van der Waals surface area contributed by atoms with E-state index in [9.17, 15) is 9.67 Å². The highest BCUT2D eigenvalue weighted by Crippen LogP contribution is 2.55. The molecule has 0 saturated heterocycles. The SMILES string of the molecule is O=P1(c2ccccc2)C=CCC1O. The van der Waals surface area contributed by atoms with Gasteiger partial charge >= 0.3 is 0 Å². The van der Waals surface area contributed by atoms with Gasteiger partial charge in [-0.25, -0.2) is 0 Å². The fraction of sp³-hybridized carbons (Fsp3) is 0.200. The molecule has 2 unspecified atom stereocenters. The molecule has 2 rings (SSSR count). The van der Waals surface area contributed by atoms with Crippen LogP contribution in [0.15, 0.2) is 42.2 Å². The van der Waals surface area contributed by atoms with Crippen LogP contribution in [0.25, 0.3) is 0 Å². The van der Waals surface area contributed by atoms with E-state index >= 15 is 0 Å². The Balaban J connectivity index is 2.47. The summed E-state index contributed by atoms with van der Waals surface area (Å²) in [6.45, 7) is 0. The first-order chi connectivity index (χ1) is 6.23. The highest BCUT2D eigenvalue weighted by atomic mass is 31.2. The molecule has 0 amide bonds. The van der Waals surface area contributed by atoms with E-state index in [0.717, 1.165) is 5.30 Å². The van der Waals surface area contributed by atoms with E-state index in [4.69, 9.17) is 0 Å². The summed E-state index contributed by atoms with van der Waals surface area (Å²) < 4.78 is 12.2. The quantitative estimate of drug-likeness (QED) is 0.693. The van der Waals surface area contributed by atoms with Crippen LogP contribution in [0.5, 0.6) is 0 Å². The Kier molecular flexibility index (Phi) is 2.10. The minimum Gasteiger partial charge on any atom is -0.384 e. The normalized spacial score (nSPS) is 32.2. The first kappa shape index (κ1) is 8.74. The predicted molar refractivity (Wildman–Crippen MR) is 53.4 cm³/mol. The van der Waals surface area contributed by atoms with E-state index in [1.807, 2.05) is 18.2 Å². The lowest BCUT2D eigenvalue weighted by Gasteiger charge is -2.14. The molecule has 2 nitrogen and oxygen atoms in total. The first-order valence-corrected chi connectivity index (χ1v) is 6.09. The maximum Gasteiger partial charge on any atom is 0.163 e. The molecule has 2 atom stereocenters. The van der Waals surface area contributed by atoms with Crippen molar-refractivity contribution < 1.29 is 9.67 Å². The van der Waals surface area contributed by atoms with Gasteiger partial charge in [-0.2, -0.15) is 0 Å². The highest BCUT2D eigenvalue weighted by molar-refractivity contribution is 7.75. The molecule has 68 valence electrons. The average molecular weight is 194 g/mol. The van der Waals surface area contributed by atoms with Gasteiger partial charge in [0, 0.05) is 5.30 Å². The summed E-state index contributed by atoms with van der Waals surface area (Å²) in [5.41, 5.74) is 0. The minimum atomic E-state index is -2.64. The smallest absolute Gasteiger partial charge is 0.163 e. The van der Waals surface area contributed by atoms with Crippen molar-refractivity contribution in [2.45, 2.75) is 12.3 Å². The summed E-state index contributed by atoms with van der Waals surface area (Å²) >= 11 is 0. The van der Waals surface area contributed by atoms with Crippen LogP contribution in [0.2, 0.25) is 0 Å². The third kappa shape index (κ3) is 1.37. The standard InChI is InChI=1S/C10H11O2P/c11-10-7-4-8-13(10,12)9-5-2-1-3-6-9/h1-6,8,10-11H,7H2. The monoisotopic (exact) mass is 194 g/mol. The zero-order valence-electron chi connectivity index (χ0n) is 7.13. The van der Waals surface area contributed by atoms with Crippen LogP contribution in [0.3, 0.4) is 0 Å². The average Bonchev–Trinajstić information content (AvgIpc) is 2.50. The van der Waals surface area contributed by atoms with Gasteiger partial charge in [-0.15, -0.1) is 0 Å². The van der Waals surface area contributed by atoms with Crippen LogP contribution in [0.1, 0.15) is 6.42 Å². The molecule has 1 heterocycles. The van der Waals surface area contributed by atoms with Crippen molar-refractivity contribution >= 4 is 12.4 Å². The van der Waals surface area contributed by atoms with Gasteiger partial charge in [0.15, 0.2) is 7.14 Å². The Hall–Kier alpha value is -0.850. The number of hydrogen-bond donors (Lipinski definition) is 1. The summed E-state index contributed by atoms with van der Waals surface area (Å²) in [6, 6.07) is 9.17. The Bertz CT molecular complexity index is 370. The second kappa shape index (κ2) is 3.13.